The minimum atomic E-state index is -4.77. The second-order valence-electron chi connectivity index (χ2n) is 5.73. The maximum atomic E-state index is 13.9. The molecule has 25 heavy (non-hydrogen) atoms. The summed E-state index contributed by atoms with van der Waals surface area (Å²) in [6.07, 6.45) is -3.05. The number of amides is 2. The lowest BCUT2D eigenvalue weighted by atomic mass is 10.2. The van der Waals surface area contributed by atoms with Gasteiger partial charge in [-0.15, -0.1) is 0 Å². The molecular weight excluding hydrogens is 344 g/mol. The Bertz CT molecular complexity index is 790. The van der Waals surface area contributed by atoms with Crippen LogP contribution in [0.15, 0.2) is 22.7 Å². The molecule has 0 spiro atoms. The van der Waals surface area contributed by atoms with E-state index >= 15 is 0 Å². The first kappa shape index (κ1) is 17.2. The predicted octanol–water partition coefficient (Wildman–Crippen LogP) is 3.91. The van der Waals surface area contributed by atoms with Crippen molar-refractivity contribution in [2.75, 3.05) is 11.9 Å². The van der Waals surface area contributed by atoms with Gasteiger partial charge >= 0.3 is 18.1 Å². The zero-order valence-corrected chi connectivity index (χ0v) is 13.1. The van der Waals surface area contributed by atoms with E-state index in [0.717, 1.165) is 18.9 Å². The van der Waals surface area contributed by atoms with Gasteiger partial charge in [-0.3, -0.25) is 0 Å². The number of anilines is 1. The number of alkyl halides is 3. The molecule has 0 aliphatic carbocycles. The van der Waals surface area contributed by atoms with Crippen LogP contribution in [0.1, 0.15) is 25.7 Å². The van der Waals surface area contributed by atoms with Crippen LogP contribution in [0.4, 0.5) is 28.0 Å². The Morgan fingerprint density at radius 1 is 1.40 bits per heavy atom. The third kappa shape index (κ3) is 3.57. The van der Waals surface area contributed by atoms with Gasteiger partial charge in [-0.05, 0) is 38.0 Å². The Morgan fingerprint density at radius 3 is 2.76 bits per heavy atom. The first-order valence-electron chi connectivity index (χ1n) is 7.54. The Balaban J connectivity index is 1.83. The first-order chi connectivity index (χ1) is 11.8. The van der Waals surface area contributed by atoms with Gasteiger partial charge in [0.2, 0.25) is 5.82 Å². The fourth-order valence-corrected chi connectivity index (χ4v) is 2.64. The summed E-state index contributed by atoms with van der Waals surface area (Å²) in [6.45, 7) is 2.45. The molecule has 0 saturated carbocycles. The number of aromatic nitrogens is 2. The highest BCUT2D eigenvalue weighted by molar-refractivity contribution is 5.90. The van der Waals surface area contributed by atoms with Crippen LogP contribution in [0, 0.1) is 5.82 Å². The van der Waals surface area contributed by atoms with Crippen molar-refractivity contribution in [2.45, 2.75) is 32.0 Å². The minimum Gasteiger partial charge on any atom is -0.329 e. The van der Waals surface area contributed by atoms with Gasteiger partial charge in [0.15, 0.2) is 0 Å². The molecule has 1 aliphatic heterocycles. The normalized spacial score (nSPS) is 17.8. The Hall–Kier alpha value is -2.65. The number of rotatable bonds is 2. The van der Waals surface area contributed by atoms with Crippen molar-refractivity contribution in [2.24, 2.45) is 0 Å². The molecule has 2 aromatic rings. The minimum absolute atomic E-state index is 0.0396. The molecule has 1 unspecified atom stereocenters. The second-order valence-corrected chi connectivity index (χ2v) is 5.73. The van der Waals surface area contributed by atoms with E-state index < -0.39 is 23.9 Å². The van der Waals surface area contributed by atoms with Crippen molar-refractivity contribution < 1.29 is 26.9 Å². The molecule has 1 atom stereocenters. The topological polar surface area (TPSA) is 71.3 Å². The molecule has 0 bridgehead atoms. The zero-order valence-electron chi connectivity index (χ0n) is 13.1. The SMILES string of the molecule is CC1CCCN1C(=O)Nc1cc(-c2noc(C(F)(F)F)n2)ccc1F. The molecular formula is C15H14F4N4O2. The largest absolute Gasteiger partial charge is 0.471 e. The number of likely N-dealkylation sites (tertiary alicyclic amines) is 1. The van der Waals surface area contributed by atoms with Crippen molar-refractivity contribution in [1.82, 2.24) is 15.0 Å². The van der Waals surface area contributed by atoms with Crippen LogP contribution >= 0.6 is 0 Å². The first-order valence-corrected chi connectivity index (χ1v) is 7.54. The molecule has 3 rings (SSSR count). The summed E-state index contributed by atoms with van der Waals surface area (Å²) in [4.78, 5) is 17.0. The van der Waals surface area contributed by atoms with E-state index in [1.165, 1.54) is 12.1 Å². The standard InChI is InChI=1S/C15H14F4N4O2/c1-8-3-2-6-23(8)14(24)20-11-7-9(4-5-10(11)16)12-21-13(25-22-12)15(17,18)19/h4-5,7-8H,2-3,6H2,1H3,(H,20,24). The van der Waals surface area contributed by atoms with E-state index in [9.17, 15) is 22.4 Å². The number of carbonyl (C=O) groups is 1. The van der Waals surface area contributed by atoms with Crippen LogP contribution < -0.4 is 5.32 Å². The Morgan fingerprint density at radius 2 is 2.16 bits per heavy atom. The van der Waals surface area contributed by atoms with E-state index in [4.69, 9.17) is 0 Å². The average Bonchev–Trinajstić information content (AvgIpc) is 3.18. The van der Waals surface area contributed by atoms with Crippen LogP contribution in [0.3, 0.4) is 0 Å². The van der Waals surface area contributed by atoms with E-state index in [1.807, 2.05) is 6.92 Å². The van der Waals surface area contributed by atoms with Gasteiger partial charge in [-0.1, -0.05) is 5.16 Å². The lowest BCUT2D eigenvalue weighted by molar-refractivity contribution is -0.159. The van der Waals surface area contributed by atoms with E-state index in [-0.39, 0.29) is 23.1 Å². The molecule has 2 heterocycles. The maximum Gasteiger partial charge on any atom is 0.471 e. The molecule has 0 radical (unpaired) electrons. The summed E-state index contributed by atoms with van der Waals surface area (Å²) in [5, 5.41) is 5.67. The summed E-state index contributed by atoms with van der Waals surface area (Å²) in [5.41, 5.74) is -0.0784. The number of hydrogen-bond acceptors (Lipinski definition) is 4. The van der Waals surface area contributed by atoms with Crippen LogP contribution in [0.2, 0.25) is 0 Å². The van der Waals surface area contributed by atoms with Gasteiger partial charge in [-0.25, -0.2) is 9.18 Å². The second kappa shape index (κ2) is 6.34. The third-order valence-electron chi connectivity index (χ3n) is 3.95. The van der Waals surface area contributed by atoms with Gasteiger partial charge in [0.25, 0.3) is 0 Å². The summed E-state index contributed by atoms with van der Waals surface area (Å²) < 4.78 is 55.7. The van der Waals surface area contributed by atoms with Crippen molar-refractivity contribution in [1.29, 1.82) is 0 Å². The number of urea groups is 1. The summed E-state index contributed by atoms with van der Waals surface area (Å²) in [7, 11) is 0. The third-order valence-corrected chi connectivity index (χ3v) is 3.95. The summed E-state index contributed by atoms with van der Waals surface area (Å²) in [5.74, 6) is -2.57. The average molecular weight is 358 g/mol. The number of hydrogen-bond donors (Lipinski definition) is 1. The summed E-state index contributed by atoms with van der Waals surface area (Å²) >= 11 is 0. The number of benzene rings is 1. The van der Waals surface area contributed by atoms with Crippen molar-refractivity contribution >= 4 is 11.7 Å². The predicted molar refractivity (Wildman–Crippen MR) is 79.1 cm³/mol. The van der Waals surface area contributed by atoms with Crippen LogP contribution in [-0.4, -0.2) is 33.7 Å². The lowest BCUT2D eigenvalue weighted by Crippen LogP contribution is -2.37. The molecule has 1 aromatic heterocycles. The maximum absolute atomic E-state index is 13.9. The van der Waals surface area contributed by atoms with Crippen LogP contribution in [0.5, 0.6) is 0 Å². The fraction of sp³-hybridized carbons (Fsp3) is 0.400. The number of nitrogens with zero attached hydrogens (tertiary/aromatic N) is 3. The molecule has 2 amide bonds. The molecule has 1 saturated heterocycles. The summed E-state index contributed by atoms with van der Waals surface area (Å²) in [6, 6.07) is 2.96. The highest BCUT2D eigenvalue weighted by Gasteiger charge is 2.38. The Kier molecular flexibility index (Phi) is 4.36. The number of halogens is 4. The molecule has 1 aliphatic rings. The van der Waals surface area contributed by atoms with Crippen molar-refractivity contribution in [3.63, 3.8) is 0 Å². The van der Waals surface area contributed by atoms with Crippen molar-refractivity contribution in [3.8, 4) is 11.4 Å². The molecule has 1 fully saturated rings. The van der Waals surface area contributed by atoms with Crippen molar-refractivity contribution in [3.05, 3.63) is 29.9 Å². The van der Waals surface area contributed by atoms with E-state index in [1.54, 1.807) is 4.90 Å². The van der Waals surface area contributed by atoms with Gasteiger partial charge in [0.1, 0.15) is 5.82 Å². The van der Waals surface area contributed by atoms with Gasteiger partial charge in [-0.2, -0.15) is 18.2 Å². The molecule has 6 nitrogen and oxygen atoms in total. The zero-order chi connectivity index (χ0) is 18.2. The molecule has 1 N–H and O–H groups in total. The Labute approximate surface area is 139 Å². The highest BCUT2D eigenvalue weighted by Crippen LogP contribution is 2.30. The van der Waals surface area contributed by atoms with Gasteiger partial charge in [0.05, 0.1) is 5.69 Å². The monoisotopic (exact) mass is 358 g/mol. The number of carbonyl (C=O) groups excluding carboxylic acids is 1. The van der Waals surface area contributed by atoms with E-state index in [2.05, 4.69) is 20.0 Å². The van der Waals surface area contributed by atoms with E-state index in [0.29, 0.717) is 6.54 Å². The molecule has 10 heteroatoms. The molecule has 1 aromatic carbocycles. The quantitative estimate of drug-likeness (QED) is 0.827. The highest BCUT2D eigenvalue weighted by atomic mass is 19.4. The lowest BCUT2D eigenvalue weighted by Gasteiger charge is -2.22. The fourth-order valence-electron chi connectivity index (χ4n) is 2.64. The van der Waals surface area contributed by atoms with Gasteiger partial charge in [0, 0.05) is 18.2 Å². The van der Waals surface area contributed by atoms with Crippen LogP contribution in [0.25, 0.3) is 11.4 Å². The van der Waals surface area contributed by atoms with Crippen LogP contribution in [-0.2, 0) is 6.18 Å². The smallest absolute Gasteiger partial charge is 0.329 e. The van der Waals surface area contributed by atoms with Gasteiger partial charge < -0.3 is 14.7 Å². The molecule has 134 valence electrons. The number of nitrogens with one attached hydrogen (secondary N) is 1.